The largest absolute Gasteiger partial charge is 0.409 e. The van der Waals surface area contributed by atoms with Crippen LogP contribution >= 0.6 is 11.8 Å². The van der Waals surface area contributed by atoms with Crippen LogP contribution in [0.15, 0.2) is 5.16 Å². The van der Waals surface area contributed by atoms with Crippen LogP contribution in [-0.2, 0) is 0 Å². The number of nitrogens with zero attached hydrogens (tertiary/aromatic N) is 2. The molecule has 13 heavy (non-hydrogen) atoms. The highest BCUT2D eigenvalue weighted by Crippen LogP contribution is 1.96. The van der Waals surface area contributed by atoms with E-state index in [4.69, 9.17) is 10.9 Å². The minimum absolute atomic E-state index is 0.287. The summed E-state index contributed by atoms with van der Waals surface area (Å²) in [4.78, 5) is 2.19. The Morgan fingerprint density at radius 3 is 2.69 bits per heavy atom. The topological polar surface area (TPSA) is 61.8 Å². The highest BCUT2D eigenvalue weighted by atomic mass is 32.2. The van der Waals surface area contributed by atoms with Crippen LogP contribution in [-0.4, -0.2) is 47.6 Å². The van der Waals surface area contributed by atoms with Crippen LogP contribution in [0.5, 0.6) is 0 Å². The van der Waals surface area contributed by atoms with Crippen molar-refractivity contribution in [1.29, 1.82) is 0 Å². The Balaban J connectivity index is 3.79. The predicted molar refractivity (Wildman–Crippen MR) is 58.5 cm³/mol. The average Bonchev–Trinajstić information content (AvgIpc) is 2.14. The summed E-state index contributed by atoms with van der Waals surface area (Å²) in [5.41, 5.74) is 5.43. The first-order chi connectivity index (χ1) is 6.24. The summed E-state index contributed by atoms with van der Waals surface area (Å²) in [6.45, 7) is 4.67. The lowest BCUT2D eigenvalue weighted by molar-refractivity contribution is 0.299. The van der Waals surface area contributed by atoms with Crippen LogP contribution in [0.25, 0.3) is 0 Å². The van der Waals surface area contributed by atoms with Gasteiger partial charge in [0.15, 0.2) is 5.84 Å². The van der Waals surface area contributed by atoms with Crippen molar-refractivity contribution in [2.24, 2.45) is 10.9 Å². The molecule has 0 bridgehead atoms. The zero-order valence-electron chi connectivity index (χ0n) is 8.36. The molecule has 0 aliphatic heterocycles. The number of thioether (sulfide) groups is 1. The Kier molecular flexibility index (Phi) is 7.93. The third kappa shape index (κ3) is 6.72. The van der Waals surface area contributed by atoms with Gasteiger partial charge in [-0.1, -0.05) is 12.1 Å². The van der Waals surface area contributed by atoms with Crippen molar-refractivity contribution >= 4 is 17.6 Å². The Hall–Kier alpha value is -0.420. The molecule has 0 heterocycles. The Labute approximate surface area is 84.2 Å². The van der Waals surface area contributed by atoms with E-state index in [-0.39, 0.29) is 5.84 Å². The van der Waals surface area contributed by atoms with Gasteiger partial charge in [-0.05, 0) is 19.2 Å². The van der Waals surface area contributed by atoms with Crippen molar-refractivity contribution in [2.45, 2.75) is 13.3 Å². The fourth-order valence-corrected chi connectivity index (χ4v) is 1.51. The van der Waals surface area contributed by atoms with Crippen molar-refractivity contribution < 1.29 is 5.21 Å². The molecule has 0 aliphatic carbocycles. The molecular weight excluding hydrogens is 186 g/mol. The first-order valence-electron chi connectivity index (χ1n) is 4.42. The van der Waals surface area contributed by atoms with Gasteiger partial charge in [-0.25, -0.2) is 0 Å². The summed E-state index contributed by atoms with van der Waals surface area (Å²) >= 11 is 1.81. The number of oxime groups is 1. The number of hydrogen-bond acceptors (Lipinski definition) is 4. The smallest absolute Gasteiger partial charge is 0.153 e. The maximum atomic E-state index is 8.41. The minimum Gasteiger partial charge on any atom is -0.409 e. The third-order valence-corrected chi connectivity index (χ3v) is 2.26. The molecule has 4 nitrogen and oxygen atoms in total. The summed E-state index contributed by atoms with van der Waals surface area (Å²) in [6.07, 6.45) is 3.17. The molecule has 0 saturated heterocycles. The van der Waals surface area contributed by atoms with E-state index in [0.717, 1.165) is 25.3 Å². The standard InChI is InChI=1S/C8H19N3OS/c1-3-4-11(5-6-13-2)7-8(9)10-12/h12H,3-7H2,1-2H3,(H2,9,10). The van der Waals surface area contributed by atoms with E-state index < -0.39 is 0 Å². The normalized spacial score (nSPS) is 12.4. The molecule has 0 unspecified atom stereocenters. The Morgan fingerprint density at radius 2 is 2.23 bits per heavy atom. The summed E-state index contributed by atoms with van der Waals surface area (Å²) in [5.74, 6) is 1.37. The molecule has 3 N–H and O–H groups in total. The molecule has 0 aromatic heterocycles. The van der Waals surface area contributed by atoms with E-state index in [2.05, 4.69) is 23.2 Å². The van der Waals surface area contributed by atoms with Gasteiger partial charge in [0.05, 0.1) is 6.54 Å². The monoisotopic (exact) mass is 205 g/mol. The van der Waals surface area contributed by atoms with E-state index >= 15 is 0 Å². The summed E-state index contributed by atoms with van der Waals surface area (Å²) < 4.78 is 0. The second-order valence-corrected chi connectivity index (χ2v) is 3.85. The number of nitrogens with two attached hydrogens (primary N) is 1. The van der Waals surface area contributed by atoms with Crippen LogP contribution in [0.2, 0.25) is 0 Å². The molecule has 0 aliphatic rings. The zero-order valence-corrected chi connectivity index (χ0v) is 9.18. The lowest BCUT2D eigenvalue weighted by atomic mass is 10.4. The fraction of sp³-hybridized carbons (Fsp3) is 0.875. The molecule has 0 radical (unpaired) electrons. The van der Waals surface area contributed by atoms with Crippen LogP contribution < -0.4 is 5.73 Å². The Morgan fingerprint density at radius 1 is 1.54 bits per heavy atom. The molecule has 0 rings (SSSR count). The first-order valence-corrected chi connectivity index (χ1v) is 5.81. The van der Waals surface area contributed by atoms with Gasteiger partial charge in [0.1, 0.15) is 0 Å². The van der Waals surface area contributed by atoms with E-state index in [1.165, 1.54) is 0 Å². The van der Waals surface area contributed by atoms with E-state index in [1.54, 1.807) is 11.8 Å². The quantitative estimate of drug-likeness (QED) is 0.279. The number of amidine groups is 1. The second kappa shape index (κ2) is 8.19. The molecule has 0 atom stereocenters. The summed E-state index contributed by atoms with van der Waals surface area (Å²) in [5, 5.41) is 11.4. The zero-order chi connectivity index (χ0) is 10.1. The van der Waals surface area contributed by atoms with Crippen LogP contribution in [0.1, 0.15) is 13.3 Å². The van der Waals surface area contributed by atoms with Crippen molar-refractivity contribution in [3.05, 3.63) is 0 Å². The van der Waals surface area contributed by atoms with E-state index in [1.807, 2.05) is 0 Å². The Bertz CT molecular complexity index is 152. The SMILES string of the molecule is CCCN(CCSC)CC(N)=NO. The van der Waals surface area contributed by atoms with Gasteiger partial charge in [0.2, 0.25) is 0 Å². The van der Waals surface area contributed by atoms with Crippen LogP contribution in [0, 0.1) is 0 Å². The van der Waals surface area contributed by atoms with Crippen LogP contribution in [0.3, 0.4) is 0 Å². The van der Waals surface area contributed by atoms with Gasteiger partial charge in [0, 0.05) is 12.3 Å². The maximum Gasteiger partial charge on any atom is 0.153 e. The van der Waals surface area contributed by atoms with Gasteiger partial charge in [-0.2, -0.15) is 11.8 Å². The van der Waals surface area contributed by atoms with Crippen molar-refractivity contribution in [2.75, 3.05) is 31.6 Å². The van der Waals surface area contributed by atoms with Crippen molar-refractivity contribution in [3.63, 3.8) is 0 Å². The van der Waals surface area contributed by atoms with E-state index in [9.17, 15) is 0 Å². The summed E-state index contributed by atoms with van der Waals surface area (Å²) in [6, 6.07) is 0. The highest BCUT2D eigenvalue weighted by molar-refractivity contribution is 7.98. The molecule has 0 amide bonds. The second-order valence-electron chi connectivity index (χ2n) is 2.86. The maximum absolute atomic E-state index is 8.41. The molecular formula is C8H19N3OS. The third-order valence-electron chi connectivity index (χ3n) is 1.67. The van der Waals surface area contributed by atoms with Crippen molar-refractivity contribution in [3.8, 4) is 0 Å². The molecule has 0 fully saturated rings. The van der Waals surface area contributed by atoms with E-state index in [0.29, 0.717) is 6.54 Å². The lowest BCUT2D eigenvalue weighted by Crippen LogP contribution is -2.36. The lowest BCUT2D eigenvalue weighted by Gasteiger charge is -2.19. The molecule has 0 saturated carbocycles. The van der Waals surface area contributed by atoms with Gasteiger partial charge in [-0.3, -0.25) is 4.90 Å². The number of hydrogen-bond donors (Lipinski definition) is 2. The van der Waals surface area contributed by atoms with Gasteiger partial charge in [0.25, 0.3) is 0 Å². The van der Waals surface area contributed by atoms with Gasteiger partial charge < -0.3 is 10.9 Å². The molecule has 0 spiro atoms. The first kappa shape index (κ1) is 12.6. The molecule has 5 heteroatoms. The number of rotatable bonds is 7. The predicted octanol–water partition coefficient (Wildman–Crippen LogP) is 0.808. The molecule has 0 aromatic rings. The van der Waals surface area contributed by atoms with Crippen LogP contribution in [0.4, 0.5) is 0 Å². The molecule has 78 valence electrons. The van der Waals surface area contributed by atoms with Gasteiger partial charge >= 0.3 is 0 Å². The fourth-order valence-electron chi connectivity index (χ4n) is 1.07. The average molecular weight is 205 g/mol. The molecule has 0 aromatic carbocycles. The minimum atomic E-state index is 0.287. The highest BCUT2D eigenvalue weighted by Gasteiger charge is 2.05. The summed E-state index contributed by atoms with van der Waals surface area (Å²) in [7, 11) is 0. The van der Waals surface area contributed by atoms with Crippen molar-refractivity contribution in [1.82, 2.24) is 4.90 Å². The van der Waals surface area contributed by atoms with Gasteiger partial charge in [-0.15, -0.1) is 0 Å².